The van der Waals surface area contributed by atoms with Crippen LogP contribution in [0.4, 0.5) is 11.5 Å². The Morgan fingerprint density at radius 3 is 2.86 bits per heavy atom. The minimum atomic E-state index is 0.243. The van der Waals surface area contributed by atoms with Gasteiger partial charge in [0.15, 0.2) is 5.82 Å². The standard InChI is InChI=1S/C22H28N6O/c29-21-4-2-1-3-18(21)19-9-20-22(26-25-19)24-11-17-13-27(5-6-28(17)20)12-15-8-16-7-14(15)10-23-16/h1-4,9,14-17,23,29H,5-8,10-13H2,(H,24,26)/t14?,15?,16?,17-/m0/s1. The highest BCUT2D eigenvalue weighted by Gasteiger charge is 2.41. The summed E-state index contributed by atoms with van der Waals surface area (Å²) in [6, 6.07) is 10.6. The number of phenolic OH excluding ortho intramolecular Hbond substituents is 1. The molecule has 1 saturated carbocycles. The summed E-state index contributed by atoms with van der Waals surface area (Å²) in [5.74, 6) is 2.86. The SMILES string of the molecule is Oc1ccccc1-c1cc2c(nn1)NC[C@H]1CN(CC3CC4CC3CN4)CCN21. The lowest BCUT2D eigenvalue weighted by Gasteiger charge is -2.46. The lowest BCUT2D eigenvalue weighted by atomic mass is 9.94. The Morgan fingerprint density at radius 2 is 2.03 bits per heavy atom. The van der Waals surface area contributed by atoms with Crippen LogP contribution >= 0.6 is 0 Å². The average molecular weight is 393 g/mol. The van der Waals surface area contributed by atoms with Gasteiger partial charge in [-0.05, 0) is 49.4 Å². The van der Waals surface area contributed by atoms with Crippen LogP contribution in [0.3, 0.4) is 0 Å². The van der Waals surface area contributed by atoms with Gasteiger partial charge in [-0.25, -0.2) is 0 Å². The second kappa shape index (κ2) is 6.85. The average Bonchev–Trinajstić information content (AvgIpc) is 3.37. The number of aromatic hydroxyl groups is 1. The molecule has 3 N–H and O–H groups in total. The first-order valence-electron chi connectivity index (χ1n) is 10.9. The lowest BCUT2D eigenvalue weighted by Crippen LogP contribution is -2.58. The number of nitrogens with zero attached hydrogens (tertiary/aromatic N) is 4. The molecule has 4 aliphatic rings. The van der Waals surface area contributed by atoms with Crippen LogP contribution in [0.25, 0.3) is 11.3 Å². The molecule has 0 spiro atoms. The Morgan fingerprint density at radius 1 is 1.10 bits per heavy atom. The van der Waals surface area contributed by atoms with E-state index in [1.165, 1.54) is 25.9 Å². The lowest BCUT2D eigenvalue weighted by molar-refractivity contribution is 0.168. The van der Waals surface area contributed by atoms with E-state index in [1.807, 2.05) is 18.2 Å². The van der Waals surface area contributed by atoms with E-state index in [1.54, 1.807) is 6.07 Å². The summed E-state index contributed by atoms with van der Waals surface area (Å²) in [6.45, 7) is 6.60. The van der Waals surface area contributed by atoms with Crippen molar-refractivity contribution in [3.63, 3.8) is 0 Å². The van der Waals surface area contributed by atoms with Crippen molar-refractivity contribution >= 4 is 11.5 Å². The number of nitrogens with one attached hydrogen (secondary N) is 2. The number of anilines is 2. The second-order valence-electron chi connectivity index (χ2n) is 9.07. The van der Waals surface area contributed by atoms with Gasteiger partial charge in [0.1, 0.15) is 5.75 Å². The Balaban J connectivity index is 1.20. The van der Waals surface area contributed by atoms with Gasteiger partial charge < -0.3 is 20.6 Å². The van der Waals surface area contributed by atoms with Gasteiger partial charge in [0.25, 0.3) is 0 Å². The summed E-state index contributed by atoms with van der Waals surface area (Å²) in [5, 5.41) is 26.1. The minimum Gasteiger partial charge on any atom is -0.507 e. The first-order valence-corrected chi connectivity index (χ1v) is 10.9. The number of fused-ring (bicyclic) bond motifs is 5. The smallest absolute Gasteiger partial charge is 0.172 e. The number of para-hydroxylation sites is 1. The highest BCUT2D eigenvalue weighted by Crippen LogP contribution is 2.39. The molecule has 2 bridgehead atoms. The highest BCUT2D eigenvalue weighted by molar-refractivity contribution is 5.76. The van der Waals surface area contributed by atoms with Crippen LogP contribution in [0, 0.1) is 11.8 Å². The molecular weight excluding hydrogens is 364 g/mol. The summed E-state index contributed by atoms with van der Waals surface area (Å²) in [5.41, 5.74) is 2.56. The number of aromatic nitrogens is 2. The molecule has 7 heteroatoms. The van der Waals surface area contributed by atoms with Crippen molar-refractivity contribution in [2.75, 3.05) is 49.5 Å². The van der Waals surface area contributed by atoms with Crippen LogP contribution in [-0.2, 0) is 0 Å². The molecule has 6 rings (SSSR count). The Hall–Kier alpha value is -2.38. The summed E-state index contributed by atoms with van der Waals surface area (Å²) >= 11 is 0. The Bertz CT molecular complexity index is 920. The van der Waals surface area contributed by atoms with Crippen molar-refractivity contribution in [1.82, 2.24) is 20.4 Å². The number of rotatable bonds is 3. The molecular formula is C22H28N6O. The van der Waals surface area contributed by atoms with Crippen molar-refractivity contribution in [1.29, 1.82) is 0 Å². The fourth-order valence-electron chi connectivity index (χ4n) is 5.84. The minimum absolute atomic E-state index is 0.243. The number of piperazine rings is 1. The number of piperidine rings is 1. The monoisotopic (exact) mass is 392 g/mol. The third-order valence-electron chi connectivity index (χ3n) is 7.34. The molecule has 152 valence electrons. The van der Waals surface area contributed by atoms with E-state index >= 15 is 0 Å². The molecule has 3 fully saturated rings. The van der Waals surface area contributed by atoms with Gasteiger partial charge in [-0.15, -0.1) is 10.2 Å². The summed E-state index contributed by atoms with van der Waals surface area (Å²) in [7, 11) is 0. The van der Waals surface area contributed by atoms with Gasteiger partial charge in [-0.2, -0.15) is 0 Å². The quantitative estimate of drug-likeness (QED) is 0.735. The van der Waals surface area contributed by atoms with Crippen molar-refractivity contribution in [2.45, 2.75) is 24.9 Å². The number of hydrogen-bond acceptors (Lipinski definition) is 7. The zero-order valence-corrected chi connectivity index (χ0v) is 16.6. The molecule has 1 aromatic carbocycles. The zero-order chi connectivity index (χ0) is 19.4. The molecule has 0 radical (unpaired) electrons. The second-order valence-corrected chi connectivity index (χ2v) is 9.07. The third-order valence-corrected chi connectivity index (χ3v) is 7.34. The summed E-state index contributed by atoms with van der Waals surface area (Å²) in [6.07, 6.45) is 2.74. The molecule has 7 nitrogen and oxygen atoms in total. The van der Waals surface area contributed by atoms with Crippen LogP contribution < -0.4 is 15.5 Å². The van der Waals surface area contributed by atoms with E-state index in [4.69, 9.17) is 0 Å². The van der Waals surface area contributed by atoms with Crippen molar-refractivity contribution in [3.05, 3.63) is 30.3 Å². The molecule has 1 aromatic heterocycles. The molecule has 3 unspecified atom stereocenters. The van der Waals surface area contributed by atoms with E-state index in [2.05, 4.69) is 36.7 Å². The first-order chi connectivity index (χ1) is 14.2. The summed E-state index contributed by atoms with van der Waals surface area (Å²) < 4.78 is 0. The fourth-order valence-corrected chi connectivity index (χ4v) is 5.84. The Labute approximate surface area is 171 Å². The molecule has 3 aliphatic heterocycles. The van der Waals surface area contributed by atoms with E-state index in [0.29, 0.717) is 6.04 Å². The molecule has 4 heterocycles. The molecule has 29 heavy (non-hydrogen) atoms. The zero-order valence-electron chi connectivity index (χ0n) is 16.6. The van der Waals surface area contributed by atoms with E-state index in [0.717, 1.165) is 66.8 Å². The number of phenols is 1. The molecule has 2 saturated heterocycles. The normalized spacial score (nSPS) is 30.7. The van der Waals surface area contributed by atoms with Crippen LogP contribution in [0.15, 0.2) is 30.3 Å². The van der Waals surface area contributed by atoms with Gasteiger partial charge >= 0.3 is 0 Å². The van der Waals surface area contributed by atoms with E-state index < -0.39 is 0 Å². The maximum atomic E-state index is 10.2. The predicted molar refractivity (Wildman–Crippen MR) is 113 cm³/mol. The third kappa shape index (κ3) is 3.04. The van der Waals surface area contributed by atoms with Gasteiger partial charge in [0.05, 0.1) is 17.4 Å². The topological polar surface area (TPSA) is 76.5 Å². The fraction of sp³-hybridized carbons (Fsp3) is 0.545. The van der Waals surface area contributed by atoms with Gasteiger partial charge in [-0.3, -0.25) is 4.90 Å². The molecule has 0 amide bonds. The van der Waals surface area contributed by atoms with Gasteiger partial charge in [0.2, 0.25) is 0 Å². The van der Waals surface area contributed by atoms with Gasteiger partial charge in [0, 0.05) is 44.3 Å². The number of hydrogen-bond donors (Lipinski definition) is 3. The highest BCUT2D eigenvalue weighted by atomic mass is 16.3. The van der Waals surface area contributed by atoms with Crippen molar-refractivity contribution < 1.29 is 5.11 Å². The maximum absolute atomic E-state index is 10.2. The van der Waals surface area contributed by atoms with Crippen LogP contribution in [0.2, 0.25) is 0 Å². The molecule has 1 aliphatic carbocycles. The summed E-state index contributed by atoms with van der Waals surface area (Å²) in [4.78, 5) is 5.17. The van der Waals surface area contributed by atoms with Crippen LogP contribution in [-0.4, -0.2) is 71.6 Å². The first kappa shape index (κ1) is 17.5. The predicted octanol–water partition coefficient (Wildman–Crippen LogP) is 1.76. The van der Waals surface area contributed by atoms with Crippen LogP contribution in [0.1, 0.15) is 12.8 Å². The van der Waals surface area contributed by atoms with Gasteiger partial charge in [-0.1, -0.05) is 12.1 Å². The Kier molecular flexibility index (Phi) is 4.13. The van der Waals surface area contributed by atoms with E-state index in [9.17, 15) is 5.11 Å². The van der Waals surface area contributed by atoms with Crippen LogP contribution in [0.5, 0.6) is 5.75 Å². The molecule has 4 atom stereocenters. The maximum Gasteiger partial charge on any atom is 0.172 e. The largest absolute Gasteiger partial charge is 0.507 e. The number of benzene rings is 1. The van der Waals surface area contributed by atoms with Crippen molar-refractivity contribution in [2.24, 2.45) is 11.8 Å². The van der Waals surface area contributed by atoms with Crippen molar-refractivity contribution in [3.8, 4) is 17.0 Å². The van der Waals surface area contributed by atoms with E-state index in [-0.39, 0.29) is 5.75 Å². The molecule has 2 aromatic rings.